The molecule has 0 radical (unpaired) electrons. The minimum atomic E-state index is -1.22. The van der Waals surface area contributed by atoms with E-state index in [0.29, 0.717) is 0 Å². The highest BCUT2D eigenvalue weighted by atomic mass is 32.2. The first-order valence-corrected chi connectivity index (χ1v) is 5.25. The predicted octanol–water partition coefficient (Wildman–Crippen LogP) is 1.52. The molecule has 0 heterocycles. The molecule has 0 spiro atoms. The second kappa shape index (κ2) is 8.38. The van der Waals surface area contributed by atoms with Gasteiger partial charge in [-0.25, -0.2) is 4.79 Å². The topological polar surface area (TPSA) is 87.2 Å². The average molecular weight is 236 g/mol. The molecule has 0 aromatic heterocycles. The van der Waals surface area contributed by atoms with Gasteiger partial charge in [0, 0.05) is 11.7 Å². The van der Waals surface area contributed by atoms with Crippen LogP contribution >= 0.6 is 11.8 Å². The Kier molecular flexibility index (Phi) is 7.37. The molecule has 4 N–H and O–H groups in total. The number of hydrogen-bond acceptors (Lipinski definition) is 3. The van der Waals surface area contributed by atoms with E-state index in [4.69, 9.17) is 21.0 Å². The predicted molar refractivity (Wildman–Crippen MR) is 66.1 cm³/mol. The van der Waals surface area contributed by atoms with E-state index in [1.54, 1.807) is 0 Å². The lowest BCUT2D eigenvalue weighted by Gasteiger charge is -1.97. The second-order valence-electron chi connectivity index (χ2n) is 2.59. The molecule has 0 aliphatic heterocycles. The summed E-state index contributed by atoms with van der Waals surface area (Å²) in [5.74, 6) is 1.01. The van der Waals surface area contributed by atoms with Crippen LogP contribution in [-0.2, 0) is 10.5 Å². The zero-order valence-corrected chi connectivity index (χ0v) is 9.33. The van der Waals surface area contributed by atoms with Gasteiger partial charge in [0.05, 0.1) is 0 Å². The van der Waals surface area contributed by atoms with Crippen LogP contribution in [0.4, 0.5) is 0 Å². The molecule has 0 aliphatic carbocycles. The molecule has 1 aromatic carbocycles. The maximum Gasteiger partial charge on any atom is 0.381 e. The highest BCUT2D eigenvalue weighted by Gasteiger charge is 1.92. The third-order valence-electron chi connectivity index (χ3n) is 1.36. The highest BCUT2D eigenvalue weighted by molar-refractivity contribution is 8.13. The number of benzene rings is 1. The van der Waals surface area contributed by atoms with E-state index in [-0.39, 0.29) is 5.17 Å². The van der Waals surface area contributed by atoms with Crippen LogP contribution in [0.1, 0.15) is 5.56 Å². The number of carboxylic acids is 1. The van der Waals surface area contributed by atoms with Crippen molar-refractivity contribution in [2.75, 3.05) is 0 Å². The molecule has 0 amide bonds. The van der Waals surface area contributed by atoms with Crippen LogP contribution in [0.3, 0.4) is 0 Å². The van der Waals surface area contributed by atoms with Gasteiger partial charge < -0.3 is 10.8 Å². The van der Waals surface area contributed by atoms with Crippen molar-refractivity contribution >= 4 is 22.9 Å². The Balaban J connectivity index is 0.000000385. The van der Waals surface area contributed by atoms with Crippen molar-refractivity contribution in [1.29, 1.82) is 5.41 Å². The van der Waals surface area contributed by atoms with E-state index >= 15 is 0 Å². The Morgan fingerprint density at radius 3 is 2.38 bits per heavy atom. The van der Waals surface area contributed by atoms with Gasteiger partial charge in [-0.3, -0.25) is 5.41 Å². The summed E-state index contributed by atoms with van der Waals surface area (Å²) >= 11 is 1.35. The van der Waals surface area contributed by atoms with Crippen molar-refractivity contribution in [2.24, 2.45) is 5.73 Å². The first-order valence-electron chi connectivity index (χ1n) is 4.26. The first-order chi connectivity index (χ1) is 7.56. The lowest BCUT2D eigenvalue weighted by molar-refractivity contribution is -0.130. The summed E-state index contributed by atoms with van der Waals surface area (Å²) in [6.45, 7) is 0. The number of carboxylic acid groups (broad SMARTS) is 1. The highest BCUT2D eigenvalue weighted by Crippen LogP contribution is 2.09. The van der Waals surface area contributed by atoms with Gasteiger partial charge in [0.15, 0.2) is 5.17 Å². The molecule has 4 nitrogen and oxygen atoms in total. The standard InChI is InChI=1S/C8H10N2S.C3H2O2/c9-8(10)11-6-7-4-2-1-3-5-7;1-2-3(4)5/h1-5H,6H2,(H3,9,10);1H,(H,4,5). The molecule has 16 heavy (non-hydrogen) atoms. The number of aliphatic carboxylic acids is 1. The van der Waals surface area contributed by atoms with Crippen LogP contribution in [0.15, 0.2) is 30.3 Å². The van der Waals surface area contributed by atoms with Crippen LogP contribution in [0.25, 0.3) is 0 Å². The van der Waals surface area contributed by atoms with Crippen molar-refractivity contribution in [1.82, 2.24) is 0 Å². The molecule has 0 saturated carbocycles. The molecule has 0 aliphatic rings. The third kappa shape index (κ3) is 8.66. The molecule has 0 unspecified atom stereocenters. The molecule has 0 fully saturated rings. The summed E-state index contributed by atoms with van der Waals surface area (Å²) in [5, 5.41) is 14.6. The van der Waals surface area contributed by atoms with E-state index in [9.17, 15) is 0 Å². The van der Waals surface area contributed by atoms with Gasteiger partial charge in [0.25, 0.3) is 0 Å². The van der Waals surface area contributed by atoms with Crippen molar-refractivity contribution in [3.8, 4) is 12.3 Å². The Bertz CT molecular complexity index is 385. The van der Waals surface area contributed by atoms with Crippen molar-refractivity contribution in [3.63, 3.8) is 0 Å². The minimum absolute atomic E-state index is 0.175. The summed E-state index contributed by atoms with van der Waals surface area (Å²) in [7, 11) is 0. The monoisotopic (exact) mass is 236 g/mol. The van der Waals surface area contributed by atoms with E-state index < -0.39 is 5.97 Å². The van der Waals surface area contributed by atoms with Gasteiger partial charge in [-0.05, 0) is 5.56 Å². The van der Waals surface area contributed by atoms with E-state index in [2.05, 4.69) is 6.42 Å². The van der Waals surface area contributed by atoms with Gasteiger partial charge in [-0.1, -0.05) is 42.1 Å². The normalized spacial score (nSPS) is 8.19. The molecule has 0 saturated heterocycles. The fraction of sp³-hybridized carbons (Fsp3) is 0.0909. The lowest BCUT2D eigenvalue weighted by atomic mass is 10.2. The number of nitrogens with one attached hydrogen (secondary N) is 1. The molecule has 5 heteroatoms. The Hall–Kier alpha value is -1.93. The number of hydrogen-bond donors (Lipinski definition) is 3. The average Bonchev–Trinajstić information content (AvgIpc) is 2.28. The molecule has 1 aromatic rings. The molecule has 0 bridgehead atoms. The van der Waals surface area contributed by atoms with Crippen molar-refractivity contribution in [3.05, 3.63) is 35.9 Å². The summed E-state index contributed by atoms with van der Waals surface area (Å²) in [6.07, 6.45) is 4.32. The fourth-order valence-electron chi connectivity index (χ4n) is 0.735. The van der Waals surface area contributed by atoms with Crippen molar-refractivity contribution in [2.45, 2.75) is 5.75 Å². The Morgan fingerprint density at radius 1 is 1.50 bits per heavy atom. The Morgan fingerprint density at radius 2 is 2.00 bits per heavy atom. The lowest BCUT2D eigenvalue weighted by Crippen LogP contribution is -2.03. The summed E-state index contributed by atoms with van der Waals surface area (Å²) in [4.78, 5) is 9.13. The van der Waals surface area contributed by atoms with Crippen LogP contribution in [0, 0.1) is 17.8 Å². The number of thioether (sulfide) groups is 1. The number of terminal acetylenes is 1. The van der Waals surface area contributed by atoms with Gasteiger partial charge in [0.1, 0.15) is 0 Å². The number of nitrogens with two attached hydrogens (primary N) is 1. The van der Waals surface area contributed by atoms with Crippen LogP contribution in [0.2, 0.25) is 0 Å². The number of amidine groups is 1. The zero-order valence-electron chi connectivity index (χ0n) is 8.51. The van der Waals surface area contributed by atoms with Crippen molar-refractivity contribution < 1.29 is 9.90 Å². The van der Waals surface area contributed by atoms with E-state index in [0.717, 1.165) is 5.75 Å². The maximum atomic E-state index is 9.13. The fourth-order valence-corrected chi connectivity index (χ4v) is 1.25. The summed E-state index contributed by atoms with van der Waals surface area (Å²) < 4.78 is 0. The first kappa shape index (κ1) is 14.1. The number of rotatable bonds is 2. The third-order valence-corrected chi connectivity index (χ3v) is 2.15. The smallest absolute Gasteiger partial charge is 0.381 e. The summed E-state index contributed by atoms with van der Waals surface area (Å²) in [5.41, 5.74) is 6.39. The van der Waals surface area contributed by atoms with Crippen LogP contribution in [-0.4, -0.2) is 16.2 Å². The number of carbonyl (C=O) groups is 1. The maximum absolute atomic E-state index is 9.13. The minimum Gasteiger partial charge on any atom is -0.472 e. The van der Waals surface area contributed by atoms with Gasteiger partial charge in [-0.15, -0.1) is 6.42 Å². The second-order valence-corrected chi connectivity index (χ2v) is 3.61. The molecule has 84 valence electrons. The summed E-state index contributed by atoms with van der Waals surface area (Å²) in [6, 6.07) is 9.99. The molecule has 0 atom stereocenters. The van der Waals surface area contributed by atoms with Gasteiger partial charge in [0.2, 0.25) is 0 Å². The molecular formula is C11H12N2O2S. The molecular weight excluding hydrogens is 224 g/mol. The SMILES string of the molecule is C#CC(=O)O.N=C(N)SCc1ccccc1. The van der Waals surface area contributed by atoms with E-state index in [1.807, 2.05) is 30.3 Å². The van der Waals surface area contributed by atoms with E-state index in [1.165, 1.54) is 23.2 Å². The largest absolute Gasteiger partial charge is 0.472 e. The zero-order chi connectivity index (χ0) is 12.4. The van der Waals surface area contributed by atoms with Crippen LogP contribution in [0.5, 0.6) is 0 Å². The van der Waals surface area contributed by atoms with Crippen LogP contribution < -0.4 is 5.73 Å². The Labute approximate surface area is 98.4 Å². The quantitative estimate of drug-likeness (QED) is 0.413. The molecule has 1 rings (SSSR count). The van der Waals surface area contributed by atoms with Gasteiger partial charge >= 0.3 is 5.97 Å². The van der Waals surface area contributed by atoms with Gasteiger partial charge in [-0.2, -0.15) is 0 Å².